The third-order valence-corrected chi connectivity index (χ3v) is 4.01. The van der Waals surface area contributed by atoms with Crippen molar-refractivity contribution in [3.63, 3.8) is 0 Å². The molecule has 0 fully saturated rings. The van der Waals surface area contributed by atoms with Gasteiger partial charge in [0.15, 0.2) is 0 Å². The molecule has 3 N–H and O–H groups in total. The smallest absolute Gasteiger partial charge is 0.211 e. The maximum absolute atomic E-state index is 11.6. The molecule has 1 aromatic rings. The highest BCUT2D eigenvalue weighted by atomic mass is 32.2. The van der Waals surface area contributed by atoms with Gasteiger partial charge in [-0.2, -0.15) is 0 Å². The van der Waals surface area contributed by atoms with E-state index in [0.717, 1.165) is 12.0 Å². The number of aryl methyl sites for hydroxylation is 1. The van der Waals surface area contributed by atoms with Gasteiger partial charge in [0.2, 0.25) is 10.0 Å². The average Bonchev–Trinajstić information content (AvgIpc) is 2.34. The highest BCUT2D eigenvalue weighted by Crippen LogP contribution is 2.09. The Bertz CT molecular complexity index is 444. The summed E-state index contributed by atoms with van der Waals surface area (Å²) < 4.78 is 25.8. The van der Waals surface area contributed by atoms with Crippen LogP contribution in [0.1, 0.15) is 24.5 Å². The molecule has 0 radical (unpaired) electrons. The zero-order chi connectivity index (χ0) is 12.7. The van der Waals surface area contributed by atoms with Crippen molar-refractivity contribution in [2.24, 2.45) is 5.73 Å². The fourth-order valence-corrected chi connectivity index (χ4v) is 2.67. The summed E-state index contributed by atoms with van der Waals surface area (Å²) in [5, 5.41) is 0. The van der Waals surface area contributed by atoms with Gasteiger partial charge in [0.1, 0.15) is 0 Å². The summed E-state index contributed by atoms with van der Waals surface area (Å²) in [4.78, 5) is 0. The topological polar surface area (TPSA) is 72.2 Å². The summed E-state index contributed by atoms with van der Waals surface area (Å²) >= 11 is 0. The Morgan fingerprint density at radius 2 is 1.88 bits per heavy atom. The number of nitrogens with one attached hydrogen (secondary N) is 1. The van der Waals surface area contributed by atoms with Gasteiger partial charge in [-0.1, -0.05) is 31.2 Å². The minimum atomic E-state index is -3.20. The molecule has 1 aromatic carbocycles. The lowest BCUT2D eigenvalue weighted by Gasteiger charge is -2.09. The number of hydrogen-bond acceptors (Lipinski definition) is 3. The van der Waals surface area contributed by atoms with Gasteiger partial charge in [-0.25, -0.2) is 13.1 Å². The molecule has 0 saturated carbocycles. The van der Waals surface area contributed by atoms with E-state index in [1.807, 2.05) is 24.3 Å². The lowest BCUT2D eigenvalue weighted by molar-refractivity contribution is 0.578. The summed E-state index contributed by atoms with van der Waals surface area (Å²) in [5.74, 6) is 0.0950. The Labute approximate surface area is 103 Å². The Kier molecular flexibility index (Phi) is 5.61. The van der Waals surface area contributed by atoms with Crippen LogP contribution in [0.5, 0.6) is 0 Å². The molecular formula is C12H20N2O2S. The first-order valence-electron chi connectivity index (χ1n) is 5.83. The average molecular weight is 256 g/mol. The second-order valence-electron chi connectivity index (χ2n) is 3.90. The van der Waals surface area contributed by atoms with Crippen LogP contribution in [-0.4, -0.2) is 20.7 Å². The van der Waals surface area contributed by atoms with Crippen molar-refractivity contribution in [3.8, 4) is 0 Å². The Morgan fingerprint density at radius 3 is 2.47 bits per heavy atom. The van der Waals surface area contributed by atoms with E-state index in [-0.39, 0.29) is 5.75 Å². The van der Waals surface area contributed by atoms with E-state index in [9.17, 15) is 8.42 Å². The van der Waals surface area contributed by atoms with Gasteiger partial charge in [0, 0.05) is 6.54 Å². The number of nitrogens with two attached hydrogens (primary N) is 1. The maximum Gasteiger partial charge on any atom is 0.211 e. The van der Waals surface area contributed by atoms with Crippen LogP contribution in [0, 0.1) is 0 Å². The van der Waals surface area contributed by atoms with Gasteiger partial charge in [0.25, 0.3) is 0 Å². The summed E-state index contributed by atoms with van der Waals surface area (Å²) in [6.07, 6.45) is 1.39. The molecule has 0 amide bonds. The monoisotopic (exact) mass is 256 g/mol. The third kappa shape index (κ3) is 4.85. The van der Waals surface area contributed by atoms with E-state index in [1.165, 1.54) is 5.56 Å². The van der Waals surface area contributed by atoms with E-state index >= 15 is 0 Å². The normalized spacial score (nSPS) is 11.6. The van der Waals surface area contributed by atoms with E-state index in [1.54, 1.807) is 0 Å². The molecule has 0 saturated heterocycles. The lowest BCUT2D eigenvalue weighted by Crippen LogP contribution is -2.27. The maximum atomic E-state index is 11.6. The van der Waals surface area contributed by atoms with Gasteiger partial charge in [-0.05, 0) is 30.5 Å². The Morgan fingerprint density at radius 1 is 1.24 bits per heavy atom. The van der Waals surface area contributed by atoms with Crippen LogP contribution in [-0.2, 0) is 23.0 Å². The van der Waals surface area contributed by atoms with Crippen LogP contribution < -0.4 is 10.5 Å². The number of hydrogen-bond donors (Lipinski definition) is 2. The lowest BCUT2D eigenvalue weighted by atomic mass is 10.1. The molecule has 0 atom stereocenters. The molecule has 0 heterocycles. The fourth-order valence-electron chi connectivity index (χ4n) is 1.61. The minimum absolute atomic E-state index is 0.0950. The molecule has 17 heavy (non-hydrogen) atoms. The molecule has 0 aliphatic carbocycles. The Hall–Kier alpha value is -0.910. The zero-order valence-electron chi connectivity index (χ0n) is 10.1. The number of rotatable bonds is 7. The van der Waals surface area contributed by atoms with Crippen molar-refractivity contribution >= 4 is 10.0 Å². The Balaban J connectivity index is 2.61. The minimum Gasteiger partial charge on any atom is -0.330 e. The highest BCUT2D eigenvalue weighted by Gasteiger charge is 2.09. The molecule has 0 aromatic heterocycles. The van der Waals surface area contributed by atoms with E-state index < -0.39 is 10.0 Å². The molecule has 0 aliphatic heterocycles. The van der Waals surface area contributed by atoms with Crippen molar-refractivity contribution < 1.29 is 8.42 Å². The van der Waals surface area contributed by atoms with Crippen LogP contribution in [0.3, 0.4) is 0 Å². The van der Waals surface area contributed by atoms with E-state index in [4.69, 9.17) is 5.73 Å². The number of sulfonamides is 1. The molecule has 4 nitrogen and oxygen atoms in total. The largest absolute Gasteiger partial charge is 0.330 e. The van der Waals surface area contributed by atoms with Gasteiger partial charge in [-0.3, -0.25) is 0 Å². The molecule has 0 aliphatic rings. The van der Waals surface area contributed by atoms with Crippen molar-refractivity contribution in [3.05, 3.63) is 35.4 Å². The van der Waals surface area contributed by atoms with Gasteiger partial charge in [0.05, 0.1) is 5.75 Å². The van der Waals surface area contributed by atoms with Crippen LogP contribution >= 0.6 is 0 Å². The van der Waals surface area contributed by atoms with Gasteiger partial charge < -0.3 is 5.73 Å². The van der Waals surface area contributed by atoms with Gasteiger partial charge in [-0.15, -0.1) is 0 Å². The molecule has 1 rings (SSSR count). The standard InChI is InChI=1S/C12H20N2O2S/c1-2-11-6-3-4-7-12(11)10-14-17(15,16)9-5-8-13/h3-4,6-7,14H,2,5,8-10,13H2,1H3. The summed E-state index contributed by atoms with van der Waals surface area (Å²) in [7, 11) is -3.20. The summed E-state index contributed by atoms with van der Waals surface area (Å²) in [6, 6.07) is 7.85. The first-order chi connectivity index (χ1) is 8.09. The van der Waals surface area contributed by atoms with Crippen molar-refractivity contribution in [2.45, 2.75) is 26.3 Å². The van der Waals surface area contributed by atoms with E-state index in [2.05, 4.69) is 11.6 Å². The van der Waals surface area contributed by atoms with Crippen molar-refractivity contribution in [2.75, 3.05) is 12.3 Å². The van der Waals surface area contributed by atoms with Gasteiger partial charge >= 0.3 is 0 Å². The van der Waals surface area contributed by atoms with Crippen molar-refractivity contribution in [1.29, 1.82) is 0 Å². The second kappa shape index (κ2) is 6.74. The second-order valence-corrected chi connectivity index (χ2v) is 5.83. The molecule has 0 bridgehead atoms. The number of benzene rings is 1. The summed E-state index contributed by atoms with van der Waals surface area (Å²) in [6.45, 7) is 2.81. The predicted molar refractivity (Wildman–Crippen MR) is 70.1 cm³/mol. The van der Waals surface area contributed by atoms with Crippen LogP contribution in [0.4, 0.5) is 0 Å². The predicted octanol–water partition coefficient (Wildman–Crippen LogP) is 1.02. The fraction of sp³-hybridized carbons (Fsp3) is 0.500. The van der Waals surface area contributed by atoms with Crippen LogP contribution in [0.25, 0.3) is 0 Å². The zero-order valence-corrected chi connectivity index (χ0v) is 11.0. The molecule has 5 heteroatoms. The van der Waals surface area contributed by atoms with E-state index in [0.29, 0.717) is 19.5 Å². The SMILES string of the molecule is CCc1ccccc1CNS(=O)(=O)CCCN. The molecule has 0 unspecified atom stereocenters. The quantitative estimate of drug-likeness (QED) is 0.765. The highest BCUT2D eigenvalue weighted by molar-refractivity contribution is 7.89. The van der Waals surface area contributed by atoms with Crippen molar-refractivity contribution in [1.82, 2.24) is 4.72 Å². The molecule has 96 valence electrons. The van der Waals surface area contributed by atoms with Crippen LogP contribution in [0.2, 0.25) is 0 Å². The van der Waals surface area contributed by atoms with Crippen LogP contribution in [0.15, 0.2) is 24.3 Å². The first-order valence-corrected chi connectivity index (χ1v) is 7.48. The first kappa shape index (κ1) is 14.2. The molecule has 0 spiro atoms. The third-order valence-electron chi connectivity index (χ3n) is 2.60. The summed E-state index contributed by atoms with van der Waals surface area (Å²) in [5.41, 5.74) is 7.51. The molecular weight excluding hydrogens is 236 g/mol.